The predicted molar refractivity (Wildman–Crippen MR) is 76.3 cm³/mol. The molecule has 0 saturated carbocycles. The Labute approximate surface area is 114 Å². The molecule has 0 fully saturated rings. The number of rotatable bonds is 7. The van der Waals surface area contributed by atoms with E-state index in [1.54, 1.807) is 13.2 Å². The van der Waals surface area contributed by atoms with Crippen LogP contribution in [0.2, 0.25) is 0 Å². The van der Waals surface area contributed by atoms with Gasteiger partial charge in [-0.25, -0.2) is 4.39 Å². The molecule has 0 saturated heterocycles. The molecule has 0 radical (unpaired) electrons. The van der Waals surface area contributed by atoms with Gasteiger partial charge in [0.15, 0.2) is 11.6 Å². The molecule has 0 heterocycles. The highest BCUT2D eigenvalue weighted by molar-refractivity contribution is 5.70. The van der Waals surface area contributed by atoms with E-state index in [2.05, 4.69) is 18.7 Å². The van der Waals surface area contributed by atoms with Crippen LogP contribution < -0.4 is 15.4 Å². The Hall–Kier alpha value is -1.49. The third-order valence-corrected chi connectivity index (χ3v) is 2.79. The maximum absolute atomic E-state index is 13.6. The van der Waals surface area contributed by atoms with Crippen LogP contribution in [0, 0.1) is 11.7 Å². The molecule has 19 heavy (non-hydrogen) atoms. The predicted octanol–water partition coefficient (Wildman–Crippen LogP) is 2.53. The van der Waals surface area contributed by atoms with Gasteiger partial charge >= 0.3 is 0 Å². The highest BCUT2D eigenvalue weighted by Crippen LogP contribution is 2.31. The zero-order valence-corrected chi connectivity index (χ0v) is 12.1. The Morgan fingerprint density at radius 1 is 1.32 bits per heavy atom. The minimum absolute atomic E-state index is 0.204. The van der Waals surface area contributed by atoms with Gasteiger partial charge in [0.2, 0.25) is 0 Å². The Morgan fingerprint density at radius 2 is 2.00 bits per heavy atom. The number of anilines is 2. The van der Waals surface area contributed by atoms with Crippen molar-refractivity contribution in [1.82, 2.24) is 0 Å². The normalized spacial score (nSPS) is 10.8. The fraction of sp³-hybridized carbons (Fsp3) is 0.571. The molecule has 0 spiro atoms. The van der Waals surface area contributed by atoms with Crippen molar-refractivity contribution in [3.63, 3.8) is 0 Å². The van der Waals surface area contributed by atoms with E-state index < -0.39 is 5.82 Å². The van der Waals surface area contributed by atoms with Gasteiger partial charge in [0.05, 0.1) is 25.1 Å². The van der Waals surface area contributed by atoms with E-state index in [4.69, 9.17) is 15.2 Å². The number of nitrogen functional groups attached to an aromatic ring is 1. The first-order chi connectivity index (χ1) is 8.99. The van der Waals surface area contributed by atoms with Crippen molar-refractivity contribution in [2.45, 2.75) is 13.8 Å². The summed E-state index contributed by atoms with van der Waals surface area (Å²) >= 11 is 0. The molecule has 4 nitrogen and oxygen atoms in total. The van der Waals surface area contributed by atoms with E-state index >= 15 is 0 Å². The van der Waals surface area contributed by atoms with Crippen molar-refractivity contribution in [2.75, 3.05) is 44.5 Å². The number of methoxy groups -OCH3 is 2. The van der Waals surface area contributed by atoms with Crippen LogP contribution in [0.4, 0.5) is 15.8 Å². The van der Waals surface area contributed by atoms with Crippen LogP contribution in [-0.4, -0.2) is 33.9 Å². The maximum atomic E-state index is 13.6. The van der Waals surface area contributed by atoms with Gasteiger partial charge in [-0.05, 0) is 5.92 Å². The summed E-state index contributed by atoms with van der Waals surface area (Å²) in [5.74, 6) is 0.225. The molecular formula is C14H23FN2O2. The van der Waals surface area contributed by atoms with Gasteiger partial charge in [0, 0.05) is 32.3 Å². The number of benzene rings is 1. The second kappa shape index (κ2) is 7.19. The average Bonchev–Trinajstić information content (AvgIpc) is 2.34. The summed E-state index contributed by atoms with van der Waals surface area (Å²) in [6, 6.07) is 2.94. The summed E-state index contributed by atoms with van der Waals surface area (Å²) in [5, 5.41) is 0. The zero-order chi connectivity index (χ0) is 14.4. The van der Waals surface area contributed by atoms with Gasteiger partial charge in [-0.3, -0.25) is 0 Å². The van der Waals surface area contributed by atoms with Gasteiger partial charge in [-0.2, -0.15) is 0 Å². The summed E-state index contributed by atoms with van der Waals surface area (Å²) in [6.07, 6.45) is 0. The zero-order valence-electron chi connectivity index (χ0n) is 12.1. The Bertz CT molecular complexity index is 411. The van der Waals surface area contributed by atoms with E-state index in [0.29, 0.717) is 24.8 Å². The Balaban J connectivity index is 3.05. The molecule has 0 aliphatic rings. The molecule has 1 rings (SSSR count). The third kappa shape index (κ3) is 4.28. The van der Waals surface area contributed by atoms with Gasteiger partial charge in [0.1, 0.15) is 0 Å². The van der Waals surface area contributed by atoms with E-state index in [1.165, 1.54) is 13.2 Å². The van der Waals surface area contributed by atoms with Crippen LogP contribution in [0.5, 0.6) is 5.75 Å². The number of hydrogen-bond donors (Lipinski definition) is 1. The summed E-state index contributed by atoms with van der Waals surface area (Å²) in [5.41, 5.74) is 7.11. The molecule has 1 aromatic rings. The number of ether oxygens (including phenoxy) is 2. The van der Waals surface area contributed by atoms with Crippen LogP contribution in [0.25, 0.3) is 0 Å². The average molecular weight is 270 g/mol. The Kier molecular flexibility index (Phi) is 5.89. The number of hydrogen-bond acceptors (Lipinski definition) is 4. The van der Waals surface area contributed by atoms with Crippen LogP contribution in [0.3, 0.4) is 0 Å². The lowest BCUT2D eigenvalue weighted by Gasteiger charge is -2.28. The molecule has 0 amide bonds. The summed E-state index contributed by atoms with van der Waals surface area (Å²) < 4.78 is 23.7. The minimum atomic E-state index is -0.444. The Morgan fingerprint density at radius 3 is 2.53 bits per heavy atom. The quantitative estimate of drug-likeness (QED) is 0.773. The molecule has 1 aromatic carbocycles. The largest absolute Gasteiger partial charge is 0.494 e. The molecule has 0 aliphatic heterocycles. The molecule has 0 unspecified atom stereocenters. The molecule has 0 atom stereocenters. The van der Waals surface area contributed by atoms with Crippen molar-refractivity contribution in [1.29, 1.82) is 0 Å². The lowest BCUT2D eigenvalue weighted by molar-refractivity contribution is 0.204. The first-order valence-corrected chi connectivity index (χ1v) is 6.36. The smallest absolute Gasteiger partial charge is 0.167 e. The fourth-order valence-corrected chi connectivity index (χ4v) is 1.94. The molecule has 0 aliphatic carbocycles. The first kappa shape index (κ1) is 15.6. The van der Waals surface area contributed by atoms with Gasteiger partial charge in [-0.15, -0.1) is 0 Å². The van der Waals surface area contributed by atoms with Crippen molar-refractivity contribution in [2.24, 2.45) is 5.92 Å². The van der Waals surface area contributed by atoms with Gasteiger partial charge in [0.25, 0.3) is 0 Å². The molecule has 2 N–H and O–H groups in total. The van der Waals surface area contributed by atoms with E-state index in [9.17, 15) is 4.39 Å². The molecule has 0 aromatic heterocycles. The van der Waals surface area contributed by atoms with Gasteiger partial charge in [-0.1, -0.05) is 13.8 Å². The highest BCUT2D eigenvalue weighted by atomic mass is 19.1. The number of nitrogens with zero attached hydrogens (tertiary/aromatic N) is 1. The number of nitrogens with two attached hydrogens (primary N) is 1. The van der Waals surface area contributed by atoms with Crippen LogP contribution in [0.15, 0.2) is 12.1 Å². The van der Waals surface area contributed by atoms with E-state index in [1.807, 2.05) is 0 Å². The van der Waals surface area contributed by atoms with Crippen molar-refractivity contribution >= 4 is 11.4 Å². The van der Waals surface area contributed by atoms with Crippen molar-refractivity contribution in [3.8, 4) is 5.75 Å². The second-order valence-electron chi connectivity index (χ2n) is 4.88. The highest BCUT2D eigenvalue weighted by Gasteiger charge is 2.15. The maximum Gasteiger partial charge on any atom is 0.167 e. The fourth-order valence-electron chi connectivity index (χ4n) is 1.94. The second-order valence-corrected chi connectivity index (χ2v) is 4.88. The van der Waals surface area contributed by atoms with Crippen molar-refractivity contribution < 1.29 is 13.9 Å². The van der Waals surface area contributed by atoms with Gasteiger partial charge < -0.3 is 20.1 Å². The van der Waals surface area contributed by atoms with Crippen molar-refractivity contribution in [3.05, 3.63) is 17.9 Å². The topological polar surface area (TPSA) is 47.7 Å². The summed E-state index contributed by atoms with van der Waals surface area (Å²) in [7, 11) is 3.10. The first-order valence-electron chi connectivity index (χ1n) is 6.36. The lowest BCUT2D eigenvalue weighted by atomic mass is 10.1. The SMILES string of the molecule is COCCN(CC(C)C)c1cc(OC)c(F)cc1N. The summed E-state index contributed by atoms with van der Waals surface area (Å²) in [6.45, 7) is 6.36. The monoisotopic (exact) mass is 270 g/mol. The number of halogens is 1. The van der Waals surface area contributed by atoms with Crippen LogP contribution in [0.1, 0.15) is 13.8 Å². The standard InChI is InChI=1S/C14H23FN2O2/c1-10(2)9-17(5-6-18-3)13-8-14(19-4)11(15)7-12(13)16/h7-8,10H,5-6,9,16H2,1-4H3. The molecule has 0 bridgehead atoms. The lowest BCUT2D eigenvalue weighted by Crippen LogP contribution is -2.31. The minimum Gasteiger partial charge on any atom is -0.494 e. The van der Waals surface area contributed by atoms with Crippen LogP contribution >= 0.6 is 0 Å². The summed E-state index contributed by atoms with van der Waals surface area (Å²) in [4.78, 5) is 2.09. The molecule has 5 heteroatoms. The third-order valence-electron chi connectivity index (χ3n) is 2.79. The van der Waals surface area contributed by atoms with Crippen LogP contribution in [-0.2, 0) is 4.74 Å². The van der Waals surface area contributed by atoms with E-state index in [0.717, 1.165) is 12.2 Å². The molecule has 108 valence electrons. The molecular weight excluding hydrogens is 247 g/mol. The van der Waals surface area contributed by atoms with E-state index in [-0.39, 0.29) is 5.75 Å².